The molecule has 0 radical (unpaired) electrons. The Labute approximate surface area is 212 Å². The quantitative estimate of drug-likeness (QED) is 0.112. The van der Waals surface area contributed by atoms with Crippen LogP contribution < -0.4 is 0 Å². The molecule has 17 nitrogen and oxygen atoms in total. The maximum Gasteiger partial charge on any atom is 0.342 e. The molecule has 0 fully saturated rings. The van der Waals surface area contributed by atoms with Gasteiger partial charge in [-0.05, 0) is 36.6 Å². The van der Waals surface area contributed by atoms with E-state index in [4.69, 9.17) is 0 Å². The Morgan fingerprint density at radius 3 is 1.89 bits per heavy atom. The number of carboxylic acid groups (broad SMARTS) is 1. The summed E-state index contributed by atoms with van der Waals surface area (Å²) in [4.78, 5) is 19.3. The maximum absolute atomic E-state index is 12.0. The zero-order valence-corrected chi connectivity index (χ0v) is 20.4. The van der Waals surface area contributed by atoms with Gasteiger partial charge in [0.1, 0.15) is 26.7 Å². The van der Waals surface area contributed by atoms with Crippen molar-refractivity contribution in [2.24, 2.45) is 20.5 Å². The van der Waals surface area contributed by atoms with E-state index < -0.39 is 85.8 Å². The molecule has 3 rings (SSSR count). The summed E-state index contributed by atoms with van der Waals surface area (Å²) in [5.41, 5.74) is -3.70. The smallest absolute Gasteiger partial charge is 0.342 e. The van der Waals surface area contributed by atoms with Crippen molar-refractivity contribution in [3.8, 4) is 11.5 Å². The number of rotatable bonds is 8. The van der Waals surface area contributed by atoms with E-state index in [0.29, 0.717) is 12.1 Å². The van der Waals surface area contributed by atoms with Crippen LogP contribution in [0.5, 0.6) is 11.5 Å². The Hall–Kier alpha value is -4.59. The lowest BCUT2D eigenvalue weighted by Crippen LogP contribution is -2.02. The van der Waals surface area contributed by atoms with Crippen LogP contribution in [0.1, 0.15) is 17.3 Å². The third-order valence-corrected chi connectivity index (χ3v) is 6.53. The van der Waals surface area contributed by atoms with Crippen LogP contribution >= 0.6 is 0 Å². The van der Waals surface area contributed by atoms with E-state index in [2.05, 4.69) is 20.5 Å². The summed E-state index contributed by atoms with van der Waals surface area (Å²) in [6, 6.07) is 3.73. The van der Waals surface area contributed by atoms with E-state index in [1.165, 1.54) is 6.92 Å². The van der Waals surface area contributed by atoms with Crippen molar-refractivity contribution >= 4 is 59.7 Å². The van der Waals surface area contributed by atoms with Crippen LogP contribution in [0.25, 0.3) is 10.8 Å². The van der Waals surface area contributed by atoms with Gasteiger partial charge in [0.25, 0.3) is 25.9 Å². The van der Waals surface area contributed by atoms with Crippen LogP contribution in [0.3, 0.4) is 0 Å². The molecule has 19 heteroatoms. The Morgan fingerprint density at radius 1 is 0.921 bits per heavy atom. The van der Waals surface area contributed by atoms with Gasteiger partial charge >= 0.3 is 5.97 Å². The second kappa shape index (κ2) is 10.0. The molecule has 0 aliphatic rings. The predicted octanol–water partition coefficient (Wildman–Crippen LogP) is 3.87. The second-order valence-electron chi connectivity index (χ2n) is 7.21. The van der Waals surface area contributed by atoms with Crippen LogP contribution in [0.2, 0.25) is 0 Å². The molecule has 5 N–H and O–H groups in total. The molecule has 0 aliphatic carbocycles. The number of carboxylic acids is 1. The topological polar surface area (TPSA) is 279 Å². The summed E-state index contributed by atoms with van der Waals surface area (Å²) < 4.78 is 67.0. The predicted molar refractivity (Wildman–Crippen MR) is 126 cm³/mol. The van der Waals surface area contributed by atoms with Gasteiger partial charge in [0.05, 0.1) is 22.5 Å². The normalized spacial score (nSPS) is 12.5. The lowest BCUT2D eigenvalue weighted by atomic mass is 10.1. The highest BCUT2D eigenvalue weighted by atomic mass is 32.2. The largest absolute Gasteiger partial charge is 0.505 e. The van der Waals surface area contributed by atoms with Crippen LogP contribution in [0.4, 0.5) is 22.7 Å². The molecule has 0 aromatic heterocycles. The Morgan fingerprint density at radius 2 is 1.45 bits per heavy atom. The number of hydrogen-bond acceptors (Lipinski definition) is 13. The molecular formula is C19H15N5O12S2. The Bertz CT molecular complexity index is 1780. The number of nitro groups is 1. The maximum atomic E-state index is 12.0. The first kappa shape index (κ1) is 28.0. The molecule has 0 atom stereocenters. The third kappa shape index (κ3) is 5.39. The zero-order chi connectivity index (χ0) is 28.6. The second-order valence-corrected chi connectivity index (χ2v) is 9.99. The number of aromatic carboxylic acids is 1. The summed E-state index contributed by atoms with van der Waals surface area (Å²) in [6.45, 7) is 1.53. The molecule has 200 valence electrons. The van der Waals surface area contributed by atoms with Crippen molar-refractivity contribution in [1.82, 2.24) is 0 Å². The fourth-order valence-corrected chi connectivity index (χ4v) is 4.53. The molecule has 0 saturated carbocycles. The van der Waals surface area contributed by atoms with Crippen LogP contribution in [-0.4, -0.2) is 58.7 Å². The van der Waals surface area contributed by atoms with Crippen LogP contribution in [0.15, 0.2) is 60.6 Å². The first-order chi connectivity index (χ1) is 17.6. The van der Waals surface area contributed by atoms with E-state index in [9.17, 15) is 56.2 Å². The van der Waals surface area contributed by atoms with Crippen molar-refractivity contribution in [2.45, 2.75) is 16.7 Å². The van der Waals surface area contributed by atoms with Gasteiger partial charge in [0, 0.05) is 6.07 Å². The van der Waals surface area contributed by atoms with Gasteiger partial charge in [-0.25, -0.2) is 4.79 Å². The van der Waals surface area contributed by atoms with Gasteiger partial charge < -0.3 is 15.3 Å². The number of benzene rings is 3. The summed E-state index contributed by atoms with van der Waals surface area (Å²) in [7, 11) is -10.3. The lowest BCUT2D eigenvalue weighted by Gasteiger charge is -2.13. The van der Waals surface area contributed by atoms with E-state index >= 15 is 0 Å². The Kier molecular flexibility index (Phi) is 7.40. The molecular weight excluding hydrogens is 554 g/mol. The fourth-order valence-electron chi connectivity index (χ4n) is 3.21. The molecule has 0 amide bonds. The van der Waals surface area contributed by atoms with Gasteiger partial charge in [-0.3, -0.25) is 19.2 Å². The Balaban J connectivity index is 2.38. The van der Waals surface area contributed by atoms with Gasteiger partial charge in [0.15, 0.2) is 11.5 Å². The molecule has 0 heterocycles. The molecule has 3 aromatic carbocycles. The van der Waals surface area contributed by atoms with Crippen molar-refractivity contribution in [1.29, 1.82) is 0 Å². The van der Waals surface area contributed by atoms with Gasteiger partial charge in [0.2, 0.25) is 0 Å². The van der Waals surface area contributed by atoms with Crippen molar-refractivity contribution < 1.29 is 51.0 Å². The highest BCUT2D eigenvalue weighted by Gasteiger charge is 2.29. The summed E-state index contributed by atoms with van der Waals surface area (Å²) >= 11 is 0. The van der Waals surface area contributed by atoms with E-state index in [1.807, 2.05) is 0 Å². The average molecular weight is 569 g/mol. The number of hydrogen-bond donors (Lipinski definition) is 5. The number of aromatic hydroxyl groups is 2. The van der Waals surface area contributed by atoms with E-state index in [0.717, 1.165) is 18.2 Å². The third-order valence-electron chi connectivity index (χ3n) is 4.79. The summed E-state index contributed by atoms with van der Waals surface area (Å²) in [6.07, 6.45) is 0. The number of phenolic OH excluding ortho intramolecular Hbond substituents is 2. The minimum absolute atomic E-state index is 0.0170. The van der Waals surface area contributed by atoms with E-state index in [-0.39, 0.29) is 12.2 Å². The molecule has 0 bridgehead atoms. The minimum atomic E-state index is -5.21. The number of fused-ring (bicyclic) bond motifs is 1. The molecule has 0 spiro atoms. The molecule has 0 saturated heterocycles. The molecule has 38 heavy (non-hydrogen) atoms. The number of nitrogens with zero attached hydrogens (tertiary/aromatic N) is 5. The van der Waals surface area contributed by atoms with Gasteiger partial charge in [-0.15, -0.1) is 5.11 Å². The van der Waals surface area contributed by atoms with E-state index in [1.54, 1.807) is 0 Å². The first-order valence-corrected chi connectivity index (χ1v) is 12.8. The summed E-state index contributed by atoms with van der Waals surface area (Å²) in [5, 5.41) is 54.7. The minimum Gasteiger partial charge on any atom is -0.505 e. The standard InChI is InChI=1S/C19H15N5O12S2/c1-2-20-22-15-12(37(31,32)33)5-8-6-13(38(34,35)36)16(18(26)14(8)17(15)25)23-21-9-3-4-11(24(29)30)10(7-9)19(27)28/h3-7,25-26H,2H2,1H3,(H,27,28)(H,31,32,33)(H,34,35,36). The molecule has 0 unspecified atom stereocenters. The number of nitro benzene ring substituents is 1. The molecule has 0 aliphatic heterocycles. The number of carbonyl (C=O) groups is 1. The SMILES string of the molecule is CCN=Nc1c(S(=O)(=O)O)cc2cc(S(=O)(=O)O)c(N=Nc3ccc([N+](=O)[O-])c(C(=O)O)c3)c(O)c2c1O. The highest BCUT2D eigenvalue weighted by molar-refractivity contribution is 7.86. The van der Waals surface area contributed by atoms with Crippen molar-refractivity contribution in [2.75, 3.05) is 6.54 Å². The summed E-state index contributed by atoms with van der Waals surface area (Å²) in [5.74, 6) is -3.90. The lowest BCUT2D eigenvalue weighted by molar-refractivity contribution is -0.385. The van der Waals surface area contributed by atoms with Crippen molar-refractivity contribution in [3.05, 3.63) is 46.0 Å². The van der Waals surface area contributed by atoms with Gasteiger partial charge in [-0.1, -0.05) is 0 Å². The highest BCUT2D eigenvalue weighted by Crippen LogP contribution is 2.49. The van der Waals surface area contributed by atoms with Crippen molar-refractivity contribution in [3.63, 3.8) is 0 Å². The first-order valence-electron chi connectivity index (χ1n) is 9.89. The molecule has 3 aromatic rings. The van der Waals surface area contributed by atoms with Crippen LogP contribution in [-0.2, 0) is 20.2 Å². The zero-order valence-electron chi connectivity index (χ0n) is 18.7. The fraction of sp³-hybridized carbons (Fsp3) is 0.105. The number of phenols is 2. The number of azo groups is 2. The van der Waals surface area contributed by atoms with Crippen LogP contribution in [0, 0.1) is 10.1 Å². The average Bonchev–Trinajstić information content (AvgIpc) is 2.80. The monoisotopic (exact) mass is 569 g/mol. The van der Waals surface area contributed by atoms with Gasteiger partial charge in [-0.2, -0.15) is 32.2 Å².